The molecule has 2 rings (SSSR count). The molecule has 2 aromatic rings. The SMILES string of the molecule is CCOc1ccc(-c2ccnc(C(=O)O)n2)cc1. The van der Waals surface area contributed by atoms with Crippen LogP contribution < -0.4 is 4.74 Å². The first-order chi connectivity index (χ1) is 8.70. The van der Waals surface area contributed by atoms with Crippen molar-refractivity contribution >= 4 is 5.97 Å². The van der Waals surface area contributed by atoms with Gasteiger partial charge in [0, 0.05) is 11.8 Å². The van der Waals surface area contributed by atoms with Gasteiger partial charge in [-0.3, -0.25) is 0 Å². The summed E-state index contributed by atoms with van der Waals surface area (Å²) >= 11 is 0. The fraction of sp³-hybridized carbons (Fsp3) is 0.154. The van der Waals surface area contributed by atoms with Crippen molar-refractivity contribution in [2.24, 2.45) is 0 Å². The number of carbonyl (C=O) groups is 1. The van der Waals surface area contributed by atoms with Crippen molar-refractivity contribution < 1.29 is 14.6 Å². The third kappa shape index (κ3) is 2.63. The van der Waals surface area contributed by atoms with Crippen molar-refractivity contribution in [1.82, 2.24) is 9.97 Å². The third-order valence-corrected chi connectivity index (χ3v) is 2.31. The van der Waals surface area contributed by atoms with Gasteiger partial charge in [-0.15, -0.1) is 0 Å². The van der Waals surface area contributed by atoms with Gasteiger partial charge in [0.1, 0.15) is 5.75 Å². The second-order valence-corrected chi connectivity index (χ2v) is 3.53. The Morgan fingerprint density at radius 3 is 2.61 bits per heavy atom. The Hall–Kier alpha value is -2.43. The van der Waals surface area contributed by atoms with Crippen molar-refractivity contribution in [2.75, 3.05) is 6.61 Å². The van der Waals surface area contributed by atoms with Gasteiger partial charge in [-0.05, 0) is 37.3 Å². The summed E-state index contributed by atoms with van der Waals surface area (Å²) in [6.07, 6.45) is 1.43. The summed E-state index contributed by atoms with van der Waals surface area (Å²) < 4.78 is 5.33. The Morgan fingerprint density at radius 2 is 2.00 bits per heavy atom. The van der Waals surface area contributed by atoms with Crippen molar-refractivity contribution in [3.8, 4) is 17.0 Å². The molecule has 0 aliphatic carbocycles. The number of carboxylic acid groups (broad SMARTS) is 1. The molecular formula is C13H12N2O3. The number of hydrogen-bond donors (Lipinski definition) is 1. The third-order valence-electron chi connectivity index (χ3n) is 2.31. The average molecular weight is 244 g/mol. The first-order valence-electron chi connectivity index (χ1n) is 5.50. The Labute approximate surface area is 104 Å². The maximum Gasteiger partial charge on any atom is 0.373 e. The van der Waals surface area contributed by atoms with Gasteiger partial charge < -0.3 is 9.84 Å². The molecule has 0 amide bonds. The molecule has 0 saturated heterocycles. The van der Waals surface area contributed by atoms with Gasteiger partial charge in [0.05, 0.1) is 12.3 Å². The number of carboxylic acids is 1. The maximum absolute atomic E-state index is 10.8. The highest BCUT2D eigenvalue weighted by Gasteiger charge is 2.08. The minimum absolute atomic E-state index is 0.207. The van der Waals surface area contributed by atoms with Gasteiger partial charge in [-0.25, -0.2) is 14.8 Å². The zero-order chi connectivity index (χ0) is 13.0. The first-order valence-corrected chi connectivity index (χ1v) is 5.50. The summed E-state index contributed by atoms with van der Waals surface area (Å²) in [6, 6.07) is 8.98. The number of rotatable bonds is 4. The van der Waals surface area contributed by atoms with Crippen LogP contribution in [0.1, 0.15) is 17.5 Å². The first kappa shape index (κ1) is 12.0. The molecule has 5 nitrogen and oxygen atoms in total. The van der Waals surface area contributed by atoms with E-state index in [1.165, 1.54) is 6.20 Å². The van der Waals surface area contributed by atoms with Crippen molar-refractivity contribution in [1.29, 1.82) is 0 Å². The zero-order valence-corrected chi connectivity index (χ0v) is 9.83. The van der Waals surface area contributed by atoms with Gasteiger partial charge in [-0.2, -0.15) is 0 Å². The van der Waals surface area contributed by atoms with Crippen LogP contribution in [0.25, 0.3) is 11.3 Å². The predicted octanol–water partition coefficient (Wildman–Crippen LogP) is 2.24. The number of aromatic carboxylic acids is 1. The van der Waals surface area contributed by atoms with Crippen LogP contribution in [0.4, 0.5) is 0 Å². The molecule has 0 aliphatic rings. The van der Waals surface area contributed by atoms with Crippen LogP contribution in [-0.4, -0.2) is 27.7 Å². The van der Waals surface area contributed by atoms with Gasteiger partial charge >= 0.3 is 5.97 Å². The molecule has 92 valence electrons. The van der Waals surface area contributed by atoms with E-state index in [4.69, 9.17) is 9.84 Å². The average Bonchev–Trinajstić information content (AvgIpc) is 2.40. The molecule has 18 heavy (non-hydrogen) atoms. The summed E-state index contributed by atoms with van der Waals surface area (Å²) in [5.41, 5.74) is 1.40. The summed E-state index contributed by atoms with van der Waals surface area (Å²) in [7, 11) is 0. The Morgan fingerprint density at radius 1 is 1.28 bits per heavy atom. The summed E-state index contributed by atoms with van der Waals surface area (Å²) in [6.45, 7) is 2.52. The maximum atomic E-state index is 10.8. The van der Waals surface area contributed by atoms with Crippen LogP contribution in [0, 0.1) is 0 Å². The summed E-state index contributed by atoms with van der Waals surface area (Å²) in [5.74, 6) is -0.571. The molecule has 5 heteroatoms. The number of benzene rings is 1. The Kier molecular flexibility index (Phi) is 3.52. The predicted molar refractivity (Wildman–Crippen MR) is 65.6 cm³/mol. The highest BCUT2D eigenvalue weighted by Crippen LogP contribution is 2.20. The minimum atomic E-state index is -1.14. The highest BCUT2D eigenvalue weighted by molar-refractivity contribution is 5.83. The van der Waals surface area contributed by atoms with E-state index in [-0.39, 0.29) is 5.82 Å². The van der Waals surface area contributed by atoms with E-state index < -0.39 is 5.97 Å². The molecule has 1 aromatic heterocycles. The second-order valence-electron chi connectivity index (χ2n) is 3.53. The molecule has 1 aromatic carbocycles. The molecule has 1 heterocycles. The van der Waals surface area contributed by atoms with Gasteiger partial charge in [0.25, 0.3) is 0 Å². The number of ether oxygens (including phenoxy) is 1. The molecule has 0 unspecified atom stereocenters. The second kappa shape index (κ2) is 5.27. The number of aromatic nitrogens is 2. The lowest BCUT2D eigenvalue weighted by Crippen LogP contribution is -2.04. The van der Waals surface area contributed by atoms with E-state index in [0.29, 0.717) is 12.3 Å². The molecule has 0 spiro atoms. The van der Waals surface area contributed by atoms with Crippen LogP contribution in [0.15, 0.2) is 36.5 Å². The van der Waals surface area contributed by atoms with Gasteiger partial charge in [0.15, 0.2) is 0 Å². The normalized spacial score (nSPS) is 10.1. The van der Waals surface area contributed by atoms with Crippen molar-refractivity contribution in [2.45, 2.75) is 6.92 Å². The molecule has 0 fully saturated rings. The standard InChI is InChI=1S/C13H12N2O3/c1-2-18-10-5-3-9(4-6-10)11-7-8-14-12(15-11)13(16)17/h3-8H,2H2,1H3,(H,16,17). The quantitative estimate of drug-likeness (QED) is 0.892. The highest BCUT2D eigenvalue weighted by atomic mass is 16.5. The topological polar surface area (TPSA) is 72.3 Å². The van der Waals surface area contributed by atoms with Crippen LogP contribution in [0.2, 0.25) is 0 Å². The molecular weight excluding hydrogens is 232 g/mol. The number of hydrogen-bond acceptors (Lipinski definition) is 4. The fourth-order valence-corrected chi connectivity index (χ4v) is 1.51. The van der Waals surface area contributed by atoms with Gasteiger partial charge in [-0.1, -0.05) is 0 Å². The van der Waals surface area contributed by atoms with E-state index >= 15 is 0 Å². The molecule has 0 saturated carbocycles. The lowest BCUT2D eigenvalue weighted by atomic mass is 10.1. The lowest BCUT2D eigenvalue weighted by molar-refractivity contribution is 0.0683. The van der Waals surface area contributed by atoms with E-state index in [2.05, 4.69) is 9.97 Å². The van der Waals surface area contributed by atoms with E-state index in [1.54, 1.807) is 6.07 Å². The van der Waals surface area contributed by atoms with E-state index in [0.717, 1.165) is 11.3 Å². The van der Waals surface area contributed by atoms with Crippen molar-refractivity contribution in [3.63, 3.8) is 0 Å². The van der Waals surface area contributed by atoms with Crippen LogP contribution in [-0.2, 0) is 0 Å². The van der Waals surface area contributed by atoms with Crippen LogP contribution >= 0.6 is 0 Å². The minimum Gasteiger partial charge on any atom is -0.494 e. The Balaban J connectivity index is 2.30. The van der Waals surface area contributed by atoms with Crippen LogP contribution in [0.3, 0.4) is 0 Å². The zero-order valence-electron chi connectivity index (χ0n) is 9.83. The fourth-order valence-electron chi connectivity index (χ4n) is 1.51. The smallest absolute Gasteiger partial charge is 0.373 e. The van der Waals surface area contributed by atoms with Crippen LogP contribution in [0.5, 0.6) is 5.75 Å². The molecule has 0 atom stereocenters. The molecule has 1 N–H and O–H groups in total. The summed E-state index contributed by atoms with van der Waals surface area (Å²) in [4.78, 5) is 18.4. The monoisotopic (exact) mass is 244 g/mol. The molecule has 0 bridgehead atoms. The largest absolute Gasteiger partial charge is 0.494 e. The van der Waals surface area contributed by atoms with E-state index in [9.17, 15) is 4.79 Å². The van der Waals surface area contributed by atoms with Crippen molar-refractivity contribution in [3.05, 3.63) is 42.4 Å². The van der Waals surface area contributed by atoms with Gasteiger partial charge in [0.2, 0.25) is 5.82 Å². The lowest BCUT2D eigenvalue weighted by Gasteiger charge is -2.04. The number of nitrogens with zero attached hydrogens (tertiary/aromatic N) is 2. The molecule has 0 aliphatic heterocycles. The molecule has 0 radical (unpaired) electrons. The Bertz CT molecular complexity index is 552. The van der Waals surface area contributed by atoms with E-state index in [1.807, 2.05) is 31.2 Å². The summed E-state index contributed by atoms with van der Waals surface area (Å²) in [5, 5.41) is 8.83.